The van der Waals surface area contributed by atoms with Gasteiger partial charge in [-0.05, 0) is 29.8 Å². The van der Waals surface area contributed by atoms with Crippen molar-refractivity contribution in [1.29, 1.82) is 5.41 Å². The van der Waals surface area contributed by atoms with Crippen LogP contribution >= 0.6 is 0 Å². The first-order chi connectivity index (χ1) is 18.0. The van der Waals surface area contributed by atoms with E-state index < -0.39 is 11.6 Å². The van der Waals surface area contributed by atoms with Gasteiger partial charge in [0.2, 0.25) is 0 Å². The first kappa shape index (κ1) is 24.0. The Hall–Kier alpha value is -4.72. The number of aliphatic imine (C=N–C) groups is 2. The highest BCUT2D eigenvalue weighted by molar-refractivity contribution is 6.32. The molecule has 6 nitrogen and oxygen atoms in total. The second-order valence-corrected chi connectivity index (χ2v) is 8.30. The minimum atomic E-state index is -0.683. The van der Waals surface area contributed by atoms with Crippen LogP contribution in [0.4, 0.5) is 8.78 Å². The number of benzene rings is 2. The Morgan fingerprint density at radius 2 is 1.84 bits per heavy atom. The first-order valence-corrected chi connectivity index (χ1v) is 11.6. The lowest BCUT2D eigenvalue weighted by atomic mass is 9.95. The topological polar surface area (TPSA) is 75.1 Å². The smallest absolute Gasteiger partial charge is 0.194 e. The van der Waals surface area contributed by atoms with E-state index in [0.29, 0.717) is 41.3 Å². The van der Waals surface area contributed by atoms with Gasteiger partial charge in [-0.25, -0.2) is 13.8 Å². The number of aromatic nitrogens is 2. The molecule has 0 amide bonds. The van der Waals surface area contributed by atoms with Crippen LogP contribution in [0, 0.1) is 17.0 Å². The number of rotatable bonds is 5. The van der Waals surface area contributed by atoms with E-state index in [1.807, 2.05) is 48.6 Å². The molecule has 3 heterocycles. The van der Waals surface area contributed by atoms with E-state index in [-0.39, 0.29) is 17.1 Å². The minimum Gasteiger partial charge on any atom is -0.484 e. The largest absolute Gasteiger partial charge is 0.484 e. The summed E-state index contributed by atoms with van der Waals surface area (Å²) in [4.78, 5) is 13.3. The van der Waals surface area contributed by atoms with Gasteiger partial charge < -0.3 is 4.74 Å². The highest BCUT2D eigenvalue weighted by atomic mass is 19.1. The van der Waals surface area contributed by atoms with Crippen molar-refractivity contribution in [3.05, 3.63) is 125 Å². The molecule has 0 bridgehead atoms. The third-order valence-corrected chi connectivity index (χ3v) is 5.94. The van der Waals surface area contributed by atoms with E-state index in [1.54, 1.807) is 28.9 Å². The zero-order valence-corrected chi connectivity index (χ0v) is 20.0. The molecule has 4 aromatic rings. The molecule has 0 atom stereocenters. The van der Waals surface area contributed by atoms with Gasteiger partial charge in [-0.15, -0.1) is 0 Å². The lowest BCUT2D eigenvalue weighted by molar-refractivity contribution is 0.395. The van der Waals surface area contributed by atoms with Crippen LogP contribution in [-0.4, -0.2) is 40.5 Å². The average Bonchev–Trinajstić information content (AvgIpc) is 3.19. The minimum absolute atomic E-state index is 0.0267. The van der Waals surface area contributed by atoms with E-state index in [1.165, 1.54) is 25.3 Å². The number of hydrogen-bond acceptors (Lipinski definition) is 4. The Morgan fingerprint density at radius 1 is 1.05 bits per heavy atom. The Labute approximate surface area is 212 Å². The van der Waals surface area contributed by atoms with Crippen molar-refractivity contribution in [2.75, 3.05) is 13.7 Å². The zero-order chi connectivity index (χ0) is 25.8. The molecule has 1 aliphatic heterocycles. The average molecular weight is 496 g/mol. The summed E-state index contributed by atoms with van der Waals surface area (Å²) in [7, 11) is 1.52. The van der Waals surface area contributed by atoms with Gasteiger partial charge in [0, 0.05) is 23.8 Å². The summed E-state index contributed by atoms with van der Waals surface area (Å²) in [6.45, 7) is 0.294. The van der Waals surface area contributed by atoms with Crippen LogP contribution in [0.1, 0.15) is 22.4 Å². The number of allylic oxidation sites excluding steroid dienone is 3. The Balaban J connectivity index is 1.53. The van der Waals surface area contributed by atoms with E-state index >= 15 is 0 Å². The summed E-state index contributed by atoms with van der Waals surface area (Å²) >= 11 is 0. The summed E-state index contributed by atoms with van der Waals surface area (Å²) in [5, 5.41) is 8.63. The van der Waals surface area contributed by atoms with Gasteiger partial charge in [-0.1, -0.05) is 54.6 Å². The third-order valence-electron chi connectivity index (χ3n) is 5.94. The molecule has 5 rings (SSSR count). The number of imidazole rings is 1. The van der Waals surface area contributed by atoms with Crippen molar-refractivity contribution in [1.82, 2.24) is 9.38 Å². The number of ether oxygens (including phenoxy) is 1. The summed E-state index contributed by atoms with van der Waals surface area (Å²) in [6.07, 6.45) is 9.18. The molecule has 0 spiro atoms. The van der Waals surface area contributed by atoms with Crippen molar-refractivity contribution in [3.8, 4) is 0 Å². The maximum atomic E-state index is 14.7. The molecular formula is C29H23F2N5O. The van der Waals surface area contributed by atoms with Crippen molar-refractivity contribution in [2.45, 2.75) is 6.42 Å². The van der Waals surface area contributed by atoms with Gasteiger partial charge in [0.15, 0.2) is 11.7 Å². The van der Waals surface area contributed by atoms with Crippen LogP contribution < -0.4 is 0 Å². The molecule has 0 unspecified atom stereocenters. The number of halogens is 2. The number of fused-ring (bicyclic) bond motifs is 1. The van der Waals surface area contributed by atoms with Crippen LogP contribution in [0.5, 0.6) is 0 Å². The molecule has 1 N–H and O–H groups in total. The summed E-state index contributed by atoms with van der Waals surface area (Å²) in [6, 6.07) is 17.1. The molecule has 37 heavy (non-hydrogen) atoms. The number of hydrogen-bond donors (Lipinski definition) is 1. The lowest BCUT2D eigenvalue weighted by Gasteiger charge is -2.13. The number of pyridine rings is 1. The summed E-state index contributed by atoms with van der Waals surface area (Å²) in [5.41, 5.74) is 3.31. The number of methoxy groups -OCH3 is 1. The SMILES string of the molecule is COC(Cc1ccccc1)=NC(=N)c1cnc2ccc(C3=CC=CCN=C3c3c(F)cccc3F)cn12. The Morgan fingerprint density at radius 3 is 2.59 bits per heavy atom. The molecule has 2 aromatic carbocycles. The van der Waals surface area contributed by atoms with Gasteiger partial charge in [0.1, 0.15) is 23.0 Å². The Kier molecular flexibility index (Phi) is 6.81. The predicted octanol–water partition coefficient (Wildman–Crippen LogP) is 5.67. The standard InChI is InChI=1S/C29H23F2N5O/c1-37-26(16-19-8-3-2-4-9-19)35-29(32)24-17-34-25-14-13-20(18-36(24)25)21-10-5-6-15-33-28(21)27-22(30)11-7-12-23(27)31/h2-14,17-18,32H,15-16H2,1H3. The maximum absolute atomic E-state index is 14.7. The summed E-state index contributed by atoms with van der Waals surface area (Å²) < 4.78 is 36.6. The van der Waals surface area contributed by atoms with Gasteiger partial charge in [0.05, 0.1) is 31.1 Å². The van der Waals surface area contributed by atoms with Crippen LogP contribution in [0.2, 0.25) is 0 Å². The first-order valence-electron chi connectivity index (χ1n) is 11.6. The maximum Gasteiger partial charge on any atom is 0.194 e. The van der Waals surface area contributed by atoms with Crippen molar-refractivity contribution >= 4 is 28.7 Å². The van der Waals surface area contributed by atoms with E-state index in [0.717, 1.165) is 5.56 Å². The number of nitrogens with one attached hydrogen (secondary N) is 1. The molecule has 0 fully saturated rings. The van der Waals surface area contributed by atoms with Crippen molar-refractivity contribution < 1.29 is 13.5 Å². The number of amidine groups is 1. The molecule has 0 aliphatic carbocycles. The zero-order valence-electron chi connectivity index (χ0n) is 20.0. The van der Waals surface area contributed by atoms with Crippen LogP contribution in [0.15, 0.2) is 101 Å². The monoisotopic (exact) mass is 495 g/mol. The molecule has 0 radical (unpaired) electrons. The second kappa shape index (κ2) is 10.5. The Bertz CT molecular complexity index is 1580. The normalized spacial score (nSPS) is 13.8. The van der Waals surface area contributed by atoms with Crippen molar-refractivity contribution in [2.24, 2.45) is 9.98 Å². The molecule has 2 aromatic heterocycles. The highest BCUT2D eigenvalue weighted by Gasteiger charge is 2.21. The van der Waals surface area contributed by atoms with Gasteiger partial charge in [-0.3, -0.25) is 14.8 Å². The quantitative estimate of drug-likeness (QED) is 0.286. The van der Waals surface area contributed by atoms with Gasteiger partial charge in [0.25, 0.3) is 0 Å². The third kappa shape index (κ3) is 4.99. The van der Waals surface area contributed by atoms with Gasteiger partial charge in [-0.2, -0.15) is 4.99 Å². The van der Waals surface area contributed by atoms with Gasteiger partial charge >= 0.3 is 0 Å². The fraction of sp³-hybridized carbons (Fsp3) is 0.103. The molecule has 1 aliphatic rings. The fourth-order valence-corrected chi connectivity index (χ4v) is 4.13. The van der Waals surface area contributed by atoms with Crippen LogP contribution in [0.25, 0.3) is 11.2 Å². The predicted molar refractivity (Wildman–Crippen MR) is 141 cm³/mol. The number of nitrogens with zero attached hydrogens (tertiary/aromatic N) is 4. The molecule has 8 heteroatoms. The molecule has 184 valence electrons. The van der Waals surface area contributed by atoms with E-state index in [4.69, 9.17) is 10.1 Å². The summed E-state index contributed by atoms with van der Waals surface area (Å²) in [5.74, 6) is -1.00. The highest BCUT2D eigenvalue weighted by Crippen LogP contribution is 2.27. The lowest BCUT2D eigenvalue weighted by Crippen LogP contribution is -2.12. The van der Waals surface area contributed by atoms with E-state index in [9.17, 15) is 8.78 Å². The molecular weight excluding hydrogens is 472 g/mol. The molecule has 0 saturated carbocycles. The second-order valence-electron chi connectivity index (χ2n) is 8.30. The van der Waals surface area contributed by atoms with E-state index in [2.05, 4.69) is 15.0 Å². The van der Waals surface area contributed by atoms with Crippen LogP contribution in [-0.2, 0) is 11.2 Å². The fourth-order valence-electron chi connectivity index (χ4n) is 4.13. The van der Waals surface area contributed by atoms with Crippen molar-refractivity contribution in [3.63, 3.8) is 0 Å². The molecule has 0 saturated heterocycles. The van der Waals surface area contributed by atoms with Crippen LogP contribution in [0.3, 0.4) is 0 Å².